The van der Waals surface area contributed by atoms with Crippen LogP contribution in [-0.4, -0.2) is 24.5 Å². The highest BCUT2D eigenvalue weighted by atomic mass is 35.5. The van der Waals surface area contributed by atoms with Crippen LogP contribution >= 0.6 is 22.9 Å². The van der Waals surface area contributed by atoms with E-state index in [4.69, 9.17) is 17.3 Å². The molecule has 1 saturated heterocycles. The zero-order valence-corrected chi connectivity index (χ0v) is 11.9. The lowest BCUT2D eigenvalue weighted by Gasteiger charge is -2.25. The predicted octanol–water partition coefficient (Wildman–Crippen LogP) is 3.52. The van der Waals surface area contributed by atoms with Gasteiger partial charge in [-0.15, -0.1) is 11.3 Å². The minimum atomic E-state index is 0.370. The maximum Gasteiger partial charge on any atom is 0.0931 e. The number of halogens is 1. The van der Waals surface area contributed by atoms with Crippen molar-refractivity contribution >= 4 is 22.9 Å². The predicted molar refractivity (Wildman–Crippen MR) is 75.7 cm³/mol. The Hall–Kier alpha value is -0.0900. The molecule has 0 spiro atoms. The van der Waals surface area contributed by atoms with Gasteiger partial charge in [0, 0.05) is 18.0 Å². The van der Waals surface area contributed by atoms with E-state index in [0.717, 1.165) is 10.3 Å². The van der Waals surface area contributed by atoms with Crippen LogP contribution in [0.3, 0.4) is 0 Å². The van der Waals surface area contributed by atoms with Gasteiger partial charge in [-0.3, -0.25) is 4.90 Å². The fourth-order valence-corrected chi connectivity index (χ4v) is 3.95. The van der Waals surface area contributed by atoms with Crippen molar-refractivity contribution in [3.63, 3.8) is 0 Å². The van der Waals surface area contributed by atoms with Gasteiger partial charge >= 0.3 is 0 Å². The van der Waals surface area contributed by atoms with Gasteiger partial charge < -0.3 is 5.73 Å². The average Bonchev–Trinajstić information content (AvgIpc) is 2.91. The highest BCUT2D eigenvalue weighted by Gasteiger charge is 2.28. The van der Waals surface area contributed by atoms with E-state index >= 15 is 0 Å². The molecule has 2 atom stereocenters. The summed E-state index contributed by atoms with van der Waals surface area (Å²) in [4.78, 5) is 3.84. The first-order chi connectivity index (χ1) is 8.24. The lowest BCUT2D eigenvalue weighted by atomic mass is 10.0. The van der Waals surface area contributed by atoms with Gasteiger partial charge in [-0.1, -0.05) is 24.9 Å². The summed E-state index contributed by atoms with van der Waals surface area (Å²) in [6.07, 6.45) is 3.96. The molecule has 2 nitrogen and oxygen atoms in total. The van der Waals surface area contributed by atoms with Crippen molar-refractivity contribution in [2.45, 2.75) is 32.2 Å². The van der Waals surface area contributed by atoms with E-state index in [0.29, 0.717) is 12.6 Å². The molecular formula is C13H21ClN2S. The Morgan fingerprint density at radius 1 is 1.59 bits per heavy atom. The van der Waals surface area contributed by atoms with Crippen molar-refractivity contribution in [3.8, 4) is 0 Å². The van der Waals surface area contributed by atoms with Crippen LogP contribution in [0.5, 0.6) is 0 Å². The molecule has 96 valence electrons. The molecule has 0 radical (unpaired) electrons. The molecule has 0 bridgehead atoms. The topological polar surface area (TPSA) is 29.3 Å². The Labute approximate surface area is 113 Å². The second-order valence-electron chi connectivity index (χ2n) is 4.83. The largest absolute Gasteiger partial charge is 0.329 e. The molecule has 2 N–H and O–H groups in total. The lowest BCUT2D eigenvalue weighted by molar-refractivity contribution is 0.243. The molecule has 0 amide bonds. The van der Waals surface area contributed by atoms with Crippen LogP contribution in [0.4, 0.5) is 0 Å². The van der Waals surface area contributed by atoms with Crippen LogP contribution in [0.1, 0.15) is 37.1 Å². The Morgan fingerprint density at radius 3 is 3.00 bits per heavy atom. The third kappa shape index (κ3) is 3.22. The molecule has 0 saturated carbocycles. The number of nitrogens with two attached hydrogens (primary N) is 1. The molecule has 2 rings (SSSR count). The maximum absolute atomic E-state index is 6.01. The van der Waals surface area contributed by atoms with E-state index in [1.165, 1.54) is 37.2 Å². The van der Waals surface area contributed by atoms with Crippen molar-refractivity contribution in [3.05, 3.63) is 21.3 Å². The Kier molecular flexibility index (Phi) is 4.86. The molecule has 2 unspecified atom stereocenters. The van der Waals surface area contributed by atoms with Gasteiger partial charge in [-0.2, -0.15) is 0 Å². The number of thiophene rings is 1. The summed E-state index contributed by atoms with van der Waals surface area (Å²) in [5, 5.41) is 0. The molecule has 1 aliphatic heterocycles. The van der Waals surface area contributed by atoms with Crippen molar-refractivity contribution in [2.24, 2.45) is 11.7 Å². The van der Waals surface area contributed by atoms with Gasteiger partial charge in [-0.25, -0.2) is 0 Å². The number of nitrogens with zero attached hydrogens (tertiary/aromatic N) is 1. The lowest BCUT2D eigenvalue weighted by Crippen LogP contribution is -2.31. The van der Waals surface area contributed by atoms with Gasteiger partial charge in [-0.05, 0) is 37.4 Å². The molecule has 0 aromatic carbocycles. The van der Waals surface area contributed by atoms with Crippen molar-refractivity contribution in [1.82, 2.24) is 4.90 Å². The minimum absolute atomic E-state index is 0.370. The minimum Gasteiger partial charge on any atom is -0.329 e. The fraction of sp³-hybridized carbons (Fsp3) is 0.692. The molecule has 0 aliphatic carbocycles. The van der Waals surface area contributed by atoms with Crippen molar-refractivity contribution in [2.75, 3.05) is 19.6 Å². The summed E-state index contributed by atoms with van der Waals surface area (Å²) in [5.74, 6) is 0.865. The molecule has 1 fully saturated rings. The molecular weight excluding hydrogens is 252 g/mol. The molecule has 17 heavy (non-hydrogen) atoms. The number of hydrogen-bond donors (Lipinski definition) is 1. The first-order valence-corrected chi connectivity index (χ1v) is 7.63. The highest BCUT2D eigenvalue weighted by Crippen LogP contribution is 2.33. The van der Waals surface area contributed by atoms with Crippen molar-refractivity contribution < 1.29 is 0 Å². The Bertz CT molecular complexity index is 353. The van der Waals surface area contributed by atoms with Gasteiger partial charge in [0.1, 0.15) is 0 Å². The van der Waals surface area contributed by atoms with Crippen LogP contribution in [0, 0.1) is 5.92 Å². The third-order valence-corrected chi connectivity index (χ3v) is 4.93. The summed E-state index contributed by atoms with van der Waals surface area (Å²) >= 11 is 7.67. The van der Waals surface area contributed by atoms with E-state index < -0.39 is 0 Å². The highest BCUT2D eigenvalue weighted by molar-refractivity contribution is 7.16. The zero-order chi connectivity index (χ0) is 12.3. The summed E-state index contributed by atoms with van der Waals surface area (Å²) in [7, 11) is 0. The van der Waals surface area contributed by atoms with E-state index in [1.807, 2.05) is 6.07 Å². The SMILES string of the molecule is CCCC1CCN(C(CN)c2ccc(Cl)s2)C1. The van der Waals surface area contributed by atoms with Gasteiger partial charge in [0.2, 0.25) is 0 Å². The van der Waals surface area contributed by atoms with Crippen molar-refractivity contribution in [1.29, 1.82) is 0 Å². The molecule has 4 heteroatoms. The van der Waals surface area contributed by atoms with E-state index in [9.17, 15) is 0 Å². The van der Waals surface area contributed by atoms with Crippen LogP contribution in [-0.2, 0) is 0 Å². The monoisotopic (exact) mass is 272 g/mol. The first kappa shape index (κ1) is 13.3. The normalized spacial score (nSPS) is 23.1. The summed E-state index contributed by atoms with van der Waals surface area (Å²) in [5.41, 5.74) is 5.94. The summed E-state index contributed by atoms with van der Waals surface area (Å²) in [6.45, 7) is 5.34. The van der Waals surface area contributed by atoms with Crippen LogP contribution in [0.25, 0.3) is 0 Å². The van der Waals surface area contributed by atoms with E-state index in [-0.39, 0.29) is 0 Å². The smallest absolute Gasteiger partial charge is 0.0931 e. The quantitative estimate of drug-likeness (QED) is 0.889. The number of hydrogen-bond acceptors (Lipinski definition) is 3. The van der Waals surface area contributed by atoms with E-state index in [1.54, 1.807) is 11.3 Å². The third-order valence-electron chi connectivity index (χ3n) is 3.60. The second kappa shape index (κ2) is 6.19. The molecule has 2 heterocycles. The summed E-state index contributed by atoms with van der Waals surface area (Å²) in [6, 6.07) is 4.47. The first-order valence-electron chi connectivity index (χ1n) is 6.44. The Balaban J connectivity index is 2.00. The number of rotatable bonds is 5. The van der Waals surface area contributed by atoms with Gasteiger partial charge in [0.25, 0.3) is 0 Å². The summed E-state index contributed by atoms with van der Waals surface area (Å²) < 4.78 is 0.864. The molecule has 1 aliphatic rings. The Morgan fingerprint density at radius 2 is 2.41 bits per heavy atom. The van der Waals surface area contributed by atoms with Crippen LogP contribution in [0.15, 0.2) is 12.1 Å². The maximum atomic E-state index is 6.01. The van der Waals surface area contributed by atoms with Gasteiger partial charge in [0.05, 0.1) is 10.4 Å². The fourth-order valence-electron chi connectivity index (χ4n) is 2.74. The number of likely N-dealkylation sites (tertiary alicyclic amines) is 1. The molecule has 1 aromatic heterocycles. The van der Waals surface area contributed by atoms with E-state index in [2.05, 4.69) is 17.9 Å². The van der Waals surface area contributed by atoms with Gasteiger partial charge in [0.15, 0.2) is 0 Å². The zero-order valence-electron chi connectivity index (χ0n) is 10.4. The average molecular weight is 273 g/mol. The second-order valence-corrected chi connectivity index (χ2v) is 6.58. The van der Waals surface area contributed by atoms with Crippen LogP contribution < -0.4 is 5.73 Å². The standard InChI is InChI=1S/C13H21ClN2S/c1-2-3-10-6-7-16(9-10)11(8-15)12-4-5-13(14)17-12/h4-5,10-11H,2-3,6-9,15H2,1H3. The van der Waals surface area contributed by atoms with Crippen LogP contribution in [0.2, 0.25) is 4.34 Å². The molecule has 1 aromatic rings.